The fourth-order valence-electron chi connectivity index (χ4n) is 11.2. The molecule has 0 spiro atoms. The van der Waals surface area contributed by atoms with Gasteiger partial charge in [0.05, 0.1) is 12.5 Å². The molecular weight excluding hydrogens is 1150 g/mol. The number of primary amides is 1. The number of hydrogen-bond acceptors (Lipinski definition) is 13. The maximum absolute atomic E-state index is 14.9. The van der Waals surface area contributed by atoms with Crippen LogP contribution in [0.1, 0.15) is 177 Å². The van der Waals surface area contributed by atoms with E-state index in [1.54, 1.807) is 44.7 Å². The highest BCUT2D eigenvalue weighted by Crippen LogP contribution is 2.26. The summed E-state index contributed by atoms with van der Waals surface area (Å²) < 4.78 is 0. The Balaban J connectivity index is 1.92. The number of carbonyl (C=O) groups is 11. The van der Waals surface area contributed by atoms with Gasteiger partial charge in [0.15, 0.2) is 5.96 Å². The molecule has 0 aliphatic carbocycles. The van der Waals surface area contributed by atoms with Gasteiger partial charge in [-0.2, -0.15) is 0 Å². The first-order chi connectivity index (χ1) is 42.0. The predicted octanol–water partition coefficient (Wildman–Crippen LogP) is 1.87. The molecule has 1 aromatic carbocycles. The first-order valence-corrected chi connectivity index (χ1v) is 32.0. The van der Waals surface area contributed by atoms with E-state index >= 15 is 0 Å². The van der Waals surface area contributed by atoms with Gasteiger partial charge in [-0.05, 0) is 87.0 Å². The van der Waals surface area contributed by atoms with Gasteiger partial charge in [-0.3, -0.25) is 57.7 Å². The number of rotatable bonds is 38. The number of likely N-dealkylation sites (tertiary alicyclic amines) is 2. The van der Waals surface area contributed by atoms with Crippen LogP contribution < -0.4 is 49.1 Å². The second kappa shape index (κ2) is 38.2. The Morgan fingerprint density at radius 3 is 1.82 bits per heavy atom. The number of piperidine rings is 1. The largest absolute Gasteiger partial charge is 0.481 e. The minimum Gasteiger partial charge on any atom is -0.481 e. The number of likely N-dealkylation sites (N-methyl/N-ethyl adjacent to an activating group) is 1. The van der Waals surface area contributed by atoms with E-state index in [0.29, 0.717) is 32.2 Å². The van der Waals surface area contributed by atoms with Gasteiger partial charge in [-0.15, -0.1) is 0 Å². The van der Waals surface area contributed by atoms with Crippen molar-refractivity contribution in [1.29, 1.82) is 0 Å². The van der Waals surface area contributed by atoms with E-state index in [4.69, 9.17) is 17.2 Å². The van der Waals surface area contributed by atoms with Crippen molar-refractivity contribution >= 4 is 71.0 Å². The SMILES string of the molecule is CCCCCCCC(=O)N1CCCC[C@@H]1C(=O)N[C@@H](Cc1ccccc1)C(=O)N[C@@H](CC(C)C)C(=O)N[C@@H](CC(C)C)C(=O)N1C[C@H](O)C[C@H]1C(=O)N(C)[C@H](CC(C)C)C(=O)N[C@@H](CC(=O)O)C(=O)N[C@@H](CCCN=C(N)N)C(=O)N[C@H](C(N)=O)[C@@H](C)CC. The minimum absolute atomic E-state index is 0.0263. The number of carboxylic acid groups (broad SMARTS) is 1. The predicted molar refractivity (Wildman–Crippen MR) is 336 cm³/mol. The first kappa shape index (κ1) is 75.9. The molecule has 2 heterocycles. The van der Waals surface area contributed by atoms with E-state index in [1.807, 2.05) is 45.9 Å². The van der Waals surface area contributed by atoms with E-state index in [1.165, 1.54) is 7.05 Å². The van der Waals surface area contributed by atoms with Crippen LogP contribution in [0.5, 0.6) is 0 Å². The molecule has 14 N–H and O–H groups in total. The molecule has 0 saturated carbocycles. The molecule has 0 radical (unpaired) electrons. The molecule has 2 aliphatic heterocycles. The molecule has 0 aromatic heterocycles. The van der Waals surface area contributed by atoms with Crippen molar-refractivity contribution in [3.8, 4) is 0 Å². The molecular formula is C63H105N13O13. The molecule has 3 rings (SSSR count). The zero-order valence-corrected chi connectivity index (χ0v) is 54.2. The second-order valence-corrected chi connectivity index (χ2v) is 25.3. The summed E-state index contributed by atoms with van der Waals surface area (Å²) >= 11 is 0. The number of benzene rings is 1. The summed E-state index contributed by atoms with van der Waals surface area (Å²) in [5.41, 5.74) is 17.3. The number of guanidine groups is 1. The quantitative estimate of drug-likeness (QED) is 0.0256. The standard InChI is InChI=1S/C63H105N13O13/c1-11-13-14-15-19-27-51(78)75-29-21-20-26-48(75)59(86)70-45(33-41-23-17-16-18-24-41)57(84)69-44(30-37(3)4)56(83)72-47(31-38(5)6)61(88)76-36-42(77)34-50(76)62(89)74(10)49(32-39(7)8)60(87)71-46(35-52(79)80)58(85)68-43(25-22-28-67-63(65)66)55(82)73-53(54(64)81)40(9)12-2/h16-18,23-24,37-40,42-50,53,77H,11-15,19-22,25-36H2,1-10H3,(H2,64,81)(H,68,85)(H,69,84)(H,70,86)(H,71,87)(H,72,83)(H,73,82)(H,79,80)(H4,65,66,67)/t40-,42+,43-,44-,45-,46-,47-,48+,49+,50-,53-/m0/s1. The summed E-state index contributed by atoms with van der Waals surface area (Å²) in [4.78, 5) is 161. The van der Waals surface area contributed by atoms with E-state index in [0.717, 1.165) is 53.9 Å². The van der Waals surface area contributed by atoms with Gasteiger partial charge < -0.3 is 74.0 Å². The van der Waals surface area contributed by atoms with Crippen LogP contribution in [0.4, 0.5) is 0 Å². The van der Waals surface area contributed by atoms with Crippen molar-refractivity contribution in [3.05, 3.63) is 35.9 Å². The summed E-state index contributed by atoms with van der Waals surface area (Å²) in [7, 11) is 1.30. The van der Waals surface area contributed by atoms with Gasteiger partial charge in [0.1, 0.15) is 54.4 Å². The Morgan fingerprint density at radius 2 is 1.22 bits per heavy atom. The molecule has 2 saturated heterocycles. The third-order valence-electron chi connectivity index (χ3n) is 16.3. The molecule has 26 heteroatoms. The number of aliphatic hydroxyl groups is 1. The number of unbranched alkanes of at least 4 members (excludes halogenated alkanes) is 4. The molecule has 11 atom stereocenters. The fraction of sp³-hybridized carbons (Fsp3) is 0.714. The van der Waals surface area contributed by atoms with Crippen LogP contribution in [-0.2, 0) is 59.2 Å². The maximum atomic E-state index is 14.9. The number of aliphatic carboxylic acids is 1. The Morgan fingerprint density at radius 1 is 0.652 bits per heavy atom. The third kappa shape index (κ3) is 25.6. The van der Waals surface area contributed by atoms with Gasteiger partial charge in [-0.1, -0.05) is 125 Å². The van der Waals surface area contributed by atoms with Crippen LogP contribution in [0.2, 0.25) is 0 Å². The number of amides is 10. The number of nitrogens with two attached hydrogens (primary N) is 3. The highest BCUT2D eigenvalue weighted by molar-refractivity contribution is 5.99. The highest BCUT2D eigenvalue weighted by atomic mass is 16.4. The number of β-amino-alcohol motifs (C(OH)–C–C–N with tert-alkyl or cyclic N) is 1. The van der Waals surface area contributed by atoms with Crippen LogP contribution in [0.25, 0.3) is 0 Å². The number of carboxylic acids is 1. The topological polar surface area (TPSA) is 401 Å². The van der Waals surface area contributed by atoms with Crippen LogP contribution in [-0.4, -0.2) is 183 Å². The lowest BCUT2D eigenvalue weighted by atomic mass is 9.97. The van der Waals surface area contributed by atoms with Crippen molar-refractivity contribution in [1.82, 2.24) is 46.6 Å². The van der Waals surface area contributed by atoms with Crippen molar-refractivity contribution in [3.63, 3.8) is 0 Å². The third-order valence-corrected chi connectivity index (χ3v) is 16.3. The molecule has 1 aromatic rings. The lowest BCUT2D eigenvalue weighted by Gasteiger charge is -2.36. The molecule has 2 fully saturated rings. The van der Waals surface area contributed by atoms with Gasteiger partial charge in [0, 0.05) is 45.9 Å². The summed E-state index contributed by atoms with van der Waals surface area (Å²) in [6, 6.07) is -2.51. The van der Waals surface area contributed by atoms with Crippen molar-refractivity contribution in [2.75, 3.05) is 26.7 Å². The maximum Gasteiger partial charge on any atom is 0.305 e. The van der Waals surface area contributed by atoms with Crippen LogP contribution in [0.3, 0.4) is 0 Å². The number of carbonyl (C=O) groups excluding carboxylic acids is 10. The lowest BCUT2D eigenvalue weighted by Crippen LogP contribution is -2.61. The number of aliphatic hydroxyl groups excluding tert-OH is 1. The Kier molecular flexibility index (Phi) is 32.6. The van der Waals surface area contributed by atoms with Gasteiger partial charge in [0.25, 0.3) is 0 Å². The summed E-state index contributed by atoms with van der Waals surface area (Å²) in [5, 5.41) is 37.3. The van der Waals surface area contributed by atoms with E-state index in [9.17, 15) is 63.0 Å². The summed E-state index contributed by atoms with van der Waals surface area (Å²) in [6.45, 7) is 16.6. The van der Waals surface area contributed by atoms with E-state index in [2.05, 4.69) is 43.8 Å². The lowest BCUT2D eigenvalue weighted by molar-refractivity contribution is -0.149. The minimum atomic E-state index is -1.81. The Labute approximate surface area is 525 Å². The van der Waals surface area contributed by atoms with Crippen molar-refractivity contribution in [2.24, 2.45) is 45.9 Å². The van der Waals surface area contributed by atoms with E-state index in [-0.39, 0.29) is 87.7 Å². The van der Waals surface area contributed by atoms with Crippen molar-refractivity contribution in [2.45, 2.75) is 238 Å². The first-order valence-electron chi connectivity index (χ1n) is 32.0. The number of nitrogens with zero attached hydrogens (tertiary/aromatic N) is 4. The van der Waals surface area contributed by atoms with E-state index < -0.39 is 132 Å². The molecule has 0 unspecified atom stereocenters. The van der Waals surface area contributed by atoms with Crippen LogP contribution in [0, 0.1) is 23.7 Å². The average molecular weight is 1250 g/mol. The normalized spacial score (nSPS) is 18.5. The Bertz CT molecular complexity index is 2550. The Hall–Kier alpha value is -7.38. The number of aliphatic imine (C=N–C) groups is 1. The molecule has 10 amide bonds. The monoisotopic (exact) mass is 1250 g/mol. The average Bonchev–Trinajstić information content (AvgIpc) is 1.93. The number of hydrogen-bond donors (Lipinski definition) is 11. The van der Waals surface area contributed by atoms with Crippen molar-refractivity contribution < 1.29 is 63.0 Å². The molecule has 500 valence electrons. The molecule has 2 aliphatic rings. The highest BCUT2D eigenvalue weighted by Gasteiger charge is 2.46. The van der Waals surface area contributed by atoms with Crippen LogP contribution in [0.15, 0.2) is 35.3 Å². The van der Waals surface area contributed by atoms with Gasteiger partial charge in [0.2, 0.25) is 59.1 Å². The second-order valence-electron chi connectivity index (χ2n) is 25.3. The zero-order chi connectivity index (χ0) is 66.7. The van der Waals surface area contributed by atoms with Gasteiger partial charge >= 0.3 is 5.97 Å². The van der Waals surface area contributed by atoms with Gasteiger partial charge in [-0.25, -0.2) is 0 Å². The summed E-state index contributed by atoms with van der Waals surface area (Å²) in [6.07, 6.45) is 5.29. The summed E-state index contributed by atoms with van der Waals surface area (Å²) in [5.74, 6) is -9.94. The molecule has 89 heavy (non-hydrogen) atoms. The number of nitrogens with one attached hydrogen (secondary N) is 6. The van der Waals surface area contributed by atoms with Crippen LogP contribution >= 0.6 is 0 Å². The fourth-order valence-corrected chi connectivity index (χ4v) is 11.2. The zero-order valence-electron chi connectivity index (χ0n) is 54.2. The molecule has 26 nitrogen and oxygen atoms in total. The smallest absolute Gasteiger partial charge is 0.305 e. The molecule has 0 bridgehead atoms.